The van der Waals surface area contributed by atoms with Crippen molar-refractivity contribution in [2.24, 2.45) is 5.92 Å². The molecule has 1 saturated heterocycles. The van der Waals surface area contributed by atoms with E-state index in [9.17, 15) is 13.7 Å². The van der Waals surface area contributed by atoms with Crippen LogP contribution in [0.4, 0.5) is 5.82 Å². The summed E-state index contributed by atoms with van der Waals surface area (Å²) in [6, 6.07) is 15.4. The number of rotatable bonds is 5. The molecule has 2 aromatic carbocycles. The fourth-order valence-electron chi connectivity index (χ4n) is 3.81. The summed E-state index contributed by atoms with van der Waals surface area (Å²) in [4.78, 5) is 11.5. The molecule has 1 aromatic heterocycles. The first-order valence-electron chi connectivity index (χ1n) is 10.2. The third-order valence-electron chi connectivity index (χ3n) is 5.73. The van der Waals surface area contributed by atoms with E-state index in [1.54, 1.807) is 18.2 Å². The first-order chi connectivity index (χ1) is 14.9. The van der Waals surface area contributed by atoms with Gasteiger partial charge in [-0.3, -0.25) is 0 Å². The molecule has 0 amide bonds. The lowest BCUT2D eigenvalue weighted by Crippen LogP contribution is -2.35. The van der Waals surface area contributed by atoms with E-state index in [0.29, 0.717) is 28.5 Å². The number of nitriles is 1. The normalized spacial score (nSPS) is 16.1. The minimum Gasteiger partial charge on any atom is -0.497 e. The summed E-state index contributed by atoms with van der Waals surface area (Å²) in [7, 11) is -2.50. The molecule has 4 rings (SSSR count). The van der Waals surface area contributed by atoms with E-state index in [1.165, 1.54) is 19.2 Å². The van der Waals surface area contributed by atoms with Crippen LogP contribution in [0.25, 0.3) is 11.0 Å². The lowest BCUT2D eigenvalue weighted by Gasteiger charge is -2.32. The number of benzene rings is 2. The van der Waals surface area contributed by atoms with Crippen molar-refractivity contribution in [1.82, 2.24) is 9.97 Å². The van der Waals surface area contributed by atoms with E-state index in [2.05, 4.69) is 16.8 Å². The Balaban J connectivity index is 1.85. The SMILES string of the molecule is COc1ccc(S(=O)(=O)[C@H](C#N)c2nc3ccccc3nc2N2CCC(C)CC2)cc1. The van der Waals surface area contributed by atoms with Gasteiger partial charge in [-0.05, 0) is 55.2 Å². The van der Waals surface area contributed by atoms with Crippen molar-refractivity contribution < 1.29 is 13.2 Å². The number of fused-ring (bicyclic) bond motifs is 1. The molecule has 31 heavy (non-hydrogen) atoms. The highest BCUT2D eigenvalue weighted by Gasteiger charge is 2.35. The molecule has 0 N–H and O–H groups in total. The van der Waals surface area contributed by atoms with Crippen LogP contribution in [0.15, 0.2) is 53.4 Å². The van der Waals surface area contributed by atoms with Crippen molar-refractivity contribution in [2.75, 3.05) is 25.1 Å². The van der Waals surface area contributed by atoms with Gasteiger partial charge in [0.1, 0.15) is 11.4 Å². The Bertz CT molecular complexity index is 1230. The van der Waals surface area contributed by atoms with Gasteiger partial charge in [-0.25, -0.2) is 18.4 Å². The van der Waals surface area contributed by atoms with Crippen molar-refractivity contribution in [2.45, 2.75) is 29.9 Å². The molecule has 0 bridgehead atoms. The molecule has 0 aliphatic carbocycles. The predicted molar refractivity (Wildman–Crippen MR) is 119 cm³/mol. The van der Waals surface area contributed by atoms with E-state index >= 15 is 0 Å². The highest BCUT2D eigenvalue weighted by Crippen LogP contribution is 2.35. The summed E-state index contributed by atoms with van der Waals surface area (Å²) >= 11 is 0. The molecule has 1 fully saturated rings. The highest BCUT2D eigenvalue weighted by atomic mass is 32.2. The molecule has 2 heterocycles. The summed E-state index contributed by atoms with van der Waals surface area (Å²) in [5.74, 6) is 1.62. The van der Waals surface area contributed by atoms with Gasteiger partial charge in [0.25, 0.3) is 0 Å². The second kappa shape index (κ2) is 8.52. The van der Waals surface area contributed by atoms with Gasteiger partial charge in [0.05, 0.1) is 29.1 Å². The van der Waals surface area contributed by atoms with Crippen LogP contribution in [0.5, 0.6) is 5.75 Å². The summed E-state index contributed by atoms with van der Waals surface area (Å²) in [6.45, 7) is 3.71. The van der Waals surface area contributed by atoms with Gasteiger partial charge >= 0.3 is 0 Å². The summed E-state index contributed by atoms with van der Waals surface area (Å²) in [5, 5.41) is 8.51. The molecule has 1 aliphatic rings. The second-order valence-electron chi connectivity index (χ2n) is 7.82. The molecule has 0 saturated carbocycles. The Hall–Kier alpha value is -3.18. The number of methoxy groups -OCH3 is 1. The topological polar surface area (TPSA) is 96.2 Å². The number of anilines is 1. The van der Waals surface area contributed by atoms with Gasteiger partial charge in [-0.1, -0.05) is 19.1 Å². The lowest BCUT2D eigenvalue weighted by molar-refractivity contribution is 0.414. The van der Waals surface area contributed by atoms with Crippen molar-refractivity contribution in [3.05, 3.63) is 54.2 Å². The molecular weight excluding hydrogens is 412 g/mol. The molecule has 0 unspecified atom stereocenters. The number of piperidine rings is 1. The molecule has 0 spiro atoms. The van der Waals surface area contributed by atoms with Crippen LogP contribution in [0.2, 0.25) is 0 Å². The molecule has 0 radical (unpaired) electrons. The quantitative estimate of drug-likeness (QED) is 0.598. The zero-order chi connectivity index (χ0) is 22.0. The van der Waals surface area contributed by atoms with Gasteiger partial charge in [-0.15, -0.1) is 0 Å². The van der Waals surface area contributed by atoms with Crippen LogP contribution in [0, 0.1) is 17.2 Å². The van der Waals surface area contributed by atoms with Crippen molar-refractivity contribution >= 4 is 26.7 Å². The van der Waals surface area contributed by atoms with Crippen LogP contribution >= 0.6 is 0 Å². The maximum absolute atomic E-state index is 13.4. The summed E-state index contributed by atoms with van der Waals surface area (Å²) < 4.78 is 32.0. The molecule has 160 valence electrons. The highest BCUT2D eigenvalue weighted by molar-refractivity contribution is 7.92. The van der Waals surface area contributed by atoms with Crippen molar-refractivity contribution in [1.29, 1.82) is 5.26 Å². The maximum atomic E-state index is 13.4. The Morgan fingerprint density at radius 3 is 2.26 bits per heavy atom. The number of sulfone groups is 1. The number of hydrogen-bond donors (Lipinski definition) is 0. The molecule has 1 atom stereocenters. The first kappa shape index (κ1) is 21.1. The van der Waals surface area contributed by atoms with Crippen LogP contribution in [-0.4, -0.2) is 38.6 Å². The van der Waals surface area contributed by atoms with Crippen LogP contribution in [-0.2, 0) is 9.84 Å². The fourth-order valence-corrected chi connectivity index (χ4v) is 5.19. The van der Waals surface area contributed by atoms with Gasteiger partial charge < -0.3 is 9.64 Å². The Morgan fingerprint density at radius 2 is 1.68 bits per heavy atom. The Kier molecular flexibility index (Phi) is 5.79. The van der Waals surface area contributed by atoms with E-state index in [0.717, 1.165) is 25.9 Å². The minimum absolute atomic E-state index is 0.0491. The molecular formula is C23H24N4O3S. The summed E-state index contributed by atoms with van der Waals surface area (Å²) in [5.41, 5.74) is 1.43. The van der Waals surface area contributed by atoms with Crippen LogP contribution in [0.1, 0.15) is 30.7 Å². The van der Waals surface area contributed by atoms with Gasteiger partial charge in [0.2, 0.25) is 9.84 Å². The molecule has 1 aliphatic heterocycles. The van der Waals surface area contributed by atoms with Crippen LogP contribution < -0.4 is 9.64 Å². The fraction of sp³-hybridized carbons (Fsp3) is 0.348. The number of para-hydroxylation sites is 2. The van der Waals surface area contributed by atoms with Gasteiger partial charge in [0.15, 0.2) is 11.1 Å². The van der Waals surface area contributed by atoms with Crippen LogP contribution in [0.3, 0.4) is 0 Å². The zero-order valence-corrected chi connectivity index (χ0v) is 18.3. The lowest BCUT2D eigenvalue weighted by atomic mass is 9.99. The van der Waals surface area contributed by atoms with E-state index in [1.807, 2.05) is 24.3 Å². The van der Waals surface area contributed by atoms with E-state index in [-0.39, 0.29) is 10.6 Å². The number of aromatic nitrogens is 2. The standard InChI is InChI=1S/C23H24N4O3S/c1-16-11-13-27(14-12-16)23-22(25-19-5-3-4-6-20(19)26-23)21(15-24)31(28,29)18-9-7-17(30-2)8-10-18/h3-10,16,21H,11-14H2,1-2H3/t21-/m1/s1. The smallest absolute Gasteiger partial charge is 0.200 e. The maximum Gasteiger partial charge on any atom is 0.200 e. The molecule has 8 heteroatoms. The third-order valence-corrected chi connectivity index (χ3v) is 7.60. The average Bonchev–Trinajstić information content (AvgIpc) is 2.79. The largest absolute Gasteiger partial charge is 0.497 e. The second-order valence-corrected chi connectivity index (χ2v) is 9.85. The summed E-state index contributed by atoms with van der Waals surface area (Å²) in [6.07, 6.45) is 1.97. The third kappa shape index (κ3) is 4.06. The predicted octanol–water partition coefficient (Wildman–Crippen LogP) is 3.91. The minimum atomic E-state index is -4.02. The average molecular weight is 437 g/mol. The van der Waals surface area contributed by atoms with Gasteiger partial charge in [0, 0.05) is 13.1 Å². The molecule has 7 nitrogen and oxygen atoms in total. The van der Waals surface area contributed by atoms with Gasteiger partial charge in [-0.2, -0.15) is 5.26 Å². The number of nitrogens with zero attached hydrogens (tertiary/aromatic N) is 4. The Labute approximate surface area is 182 Å². The molecule has 3 aromatic rings. The number of hydrogen-bond acceptors (Lipinski definition) is 7. The van der Waals surface area contributed by atoms with E-state index in [4.69, 9.17) is 9.72 Å². The first-order valence-corrected chi connectivity index (χ1v) is 11.8. The van der Waals surface area contributed by atoms with Crippen molar-refractivity contribution in [3.8, 4) is 11.8 Å². The van der Waals surface area contributed by atoms with Crippen molar-refractivity contribution in [3.63, 3.8) is 0 Å². The van der Waals surface area contributed by atoms with E-state index < -0.39 is 15.1 Å². The number of ether oxygens (including phenoxy) is 1. The zero-order valence-electron chi connectivity index (χ0n) is 17.5. The monoisotopic (exact) mass is 436 g/mol. The Morgan fingerprint density at radius 1 is 1.06 bits per heavy atom.